The molecular weight excluding hydrogens is 768 g/mol. The number of alkyl halides is 5. The standard InChI is InChI=1S/C38H30F7N7O3S/c1-35(55)14-51(15-35)34-48-32-26(56-34)12-20(17-2-3-23-22(9-17)33(54)49-36(23)4-5-36)29(47-32)25(8-16-6-18(39)10-19(40)7-16)46-27(53)13-52-31-28(30(50-52)38(43,44)45)21-11-24(21)37(31,41)42/h2-3,6-7,9-10,12,21,24-25,55H,4-5,8,11,13-15H2,1H3,(H,46,53)(H,49,54)/t21-,24+,25?/m0/s1. The Hall–Kier alpha value is -5.10. The molecule has 0 bridgehead atoms. The molecule has 18 heteroatoms. The van der Waals surface area contributed by atoms with Gasteiger partial charge in [0.1, 0.15) is 23.9 Å². The molecule has 3 N–H and O–H groups in total. The van der Waals surface area contributed by atoms with Crippen molar-refractivity contribution in [1.82, 2.24) is 30.4 Å². The van der Waals surface area contributed by atoms with Gasteiger partial charge in [0.25, 0.3) is 11.8 Å². The predicted octanol–water partition coefficient (Wildman–Crippen LogP) is 6.46. The Morgan fingerprint density at radius 2 is 1.80 bits per heavy atom. The highest BCUT2D eigenvalue weighted by molar-refractivity contribution is 7.22. The van der Waals surface area contributed by atoms with Gasteiger partial charge in [-0.3, -0.25) is 14.3 Å². The van der Waals surface area contributed by atoms with Gasteiger partial charge < -0.3 is 20.6 Å². The number of hydrogen-bond acceptors (Lipinski definition) is 8. The maximum atomic E-state index is 15.4. The van der Waals surface area contributed by atoms with Gasteiger partial charge in [-0.15, -0.1) is 0 Å². The number of fused-ring (bicyclic) bond motifs is 6. The number of carbonyl (C=O) groups is 2. The molecule has 10 rings (SSSR count). The molecule has 3 aromatic heterocycles. The minimum Gasteiger partial charge on any atom is -0.386 e. The van der Waals surface area contributed by atoms with Crippen LogP contribution in [-0.2, 0) is 35.4 Å². The Morgan fingerprint density at radius 1 is 1.07 bits per heavy atom. The maximum absolute atomic E-state index is 15.4. The lowest BCUT2D eigenvalue weighted by Gasteiger charge is -2.43. The predicted molar refractivity (Wildman–Crippen MR) is 187 cm³/mol. The van der Waals surface area contributed by atoms with Gasteiger partial charge in [0, 0.05) is 28.7 Å². The topological polar surface area (TPSA) is 125 Å². The molecule has 1 spiro atoms. The largest absolute Gasteiger partial charge is 0.435 e. The van der Waals surface area contributed by atoms with Crippen LogP contribution in [0, 0.1) is 17.6 Å². The summed E-state index contributed by atoms with van der Waals surface area (Å²) in [7, 11) is 0. The van der Waals surface area contributed by atoms with E-state index in [1.165, 1.54) is 11.3 Å². The Balaban J connectivity index is 1.08. The highest BCUT2D eigenvalue weighted by Crippen LogP contribution is 2.68. The van der Waals surface area contributed by atoms with Crippen LogP contribution in [0.5, 0.6) is 0 Å². The highest BCUT2D eigenvalue weighted by Gasteiger charge is 2.68. The zero-order valence-electron chi connectivity index (χ0n) is 29.3. The number of aromatic nitrogens is 4. The molecule has 10 nitrogen and oxygen atoms in total. The third-order valence-electron chi connectivity index (χ3n) is 11.4. The van der Waals surface area contributed by atoms with Gasteiger partial charge in [-0.25, -0.2) is 13.8 Å². The molecule has 5 aliphatic rings. The van der Waals surface area contributed by atoms with Crippen molar-refractivity contribution in [1.29, 1.82) is 0 Å². The third-order valence-corrected chi connectivity index (χ3v) is 12.5. The van der Waals surface area contributed by atoms with Gasteiger partial charge in [-0.05, 0) is 79.5 Å². The molecule has 2 aromatic carbocycles. The van der Waals surface area contributed by atoms with Crippen molar-refractivity contribution in [3.05, 3.63) is 93.4 Å². The summed E-state index contributed by atoms with van der Waals surface area (Å²) in [5.41, 5.74) is -1.70. The molecule has 3 fully saturated rings. The Labute approximate surface area is 316 Å². The summed E-state index contributed by atoms with van der Waals surface area (Å²) >= 11 is 1.29. The summed E-state index contributed by atoms with van der Waals surface area (Å²) in [5.74, 6) is -9.06. The van der Waals surface area contributed by atoms with E-state index in [2.05, 4.69) is 20.7 Å². The number of anilines is 1. The lowest BCUT2D eigenvalue weighted by atomic mass is 9.92. The molecule has 5 heterocycles. The first-order chi connectivity index (χ1) is 26.4. The van der Waals surface area contributed by atoms with Gasteiger partial charge in [0.05, 0.1) is 40.7 Å². The molecule has 3 aliphatic carbocycles. The first kappa shape index (κ1) is 35.3. The fourth-order valence-corrected chi connectivity index (χ4v) is 9.69. The van der Waals surface area contributed by atoms with Crippen molar-refractivity contribution >= 4 is 38.6 Å². The van der Waals surface area contributed by atoms with Crippen molar-refractivity contribution < 1.29 is 45.4 Å². The zero-order valence-corrected chi connectivity index (χ0v) is 30.1. The van der Waals surface area contributed by atoms with Crippen LogP contribution in [0.1, 0.15) is 82.3 Å². The van der Waals surface area contributed by atoms with E-state index in [9.17, 15) is 36.6 Å². The zero-order chi connectivity index (χ0) is 39.3. The lowest BCUT2D eigenvalue weighted by Crippen LogP contribution is -2.60. The van der Waals surface area contributed by atoms with Crippen LogP contribution in [-0.4, -0.2) is 55.4 Å². The van der Waals surface area contributed by atoms with Crippen LogP contribution in [0.4, 0.5) is 35.9 Å². The lowest BCUT2D eigenvalue weighted by molar-refractivity contribution is -0.142. The van der Waals surface area contributed by atoms with Gasteiger partial charge >= 0.3 is 6.18 Å². The number of β-amino-alcohol motifs (C(OH)–C–C–N with tert-alkyl or cyclic N) is 1. The van der Waals surface area contributed by atoms with Crippen molar-refractivity contribution in [2.45, 2.75) is 74.4 Å². The second-order valence-corrected chi connectivity index (χ2v) is 16.8. The molecule has 2 saturated carbocycles. The Morgan fingerprint density at radius 3 is 2.48 bits per heavy atom. The van der Waals surface area contributed by atoms with Crippen molar-refractivity contribution in [2.24, 2.45) is 5.92 Å². The van der Waals surface area contributed by atoms with Gasteiger partial charge in [0.2, 0.25) is 5.91 Å². The van der Waals surface area contributed by atoms with Crippen molar-refractivity contribution in [3.63, 3.8) is 0 Å². The van der Waals surface area contributed by atoms with E-state index >= 15 is 8.78 Å². The van der Waals surface area contributed by atoms with E-state index in [1.807, 2.05) is 11.0 Å². The summed E-state index contributed by atoms with van der Waals surface area (Å²) in [6, 6.07) is 8.59. The summed E-state index contributed by atoms with van der Waals surface area (Å²) in [4.78, 5) is 38.4. The van der Waals surface area contributed by atoms with Gasteiger partial charge in [-0.1, -0.05) is 23.5 Å². The van der Waals surface area contributed by atoms with E-state index in [4.69, 9.17) is 4.98 Å². The minimum atomic E-state index is -5.04. The van der Waals surface area contributed by atoms with E-state index < -0.39 is 82.2 Å². The van der Waals surface area contributed by atoms with E-state index in [-0.39, 0.29) is 35.7 Å². The smallest absolute Gasteiger partial charge is 0.386 e. The molecule has 56 heavy (non-hydrogen) atoms. The number of thiazole rings is 1. The number of pyridine rings is 1. The van der Waals surface area contributed by atoms with Crippen molar-refractivity contribution in [2.75, 3.05) is 18.0 Å². The summed E-state index contributed by atoms with van der Waals surface area (Å²) in [6.07, 6.45) is -3.89. The second kappa shape index (κ2) is 11.5. The normalized spacial score (nSPS) is 22.4. The Bertz CT molecular complexity index is 2520. The summed E-state index contributed by atoms with van der Waals surface area (Å²) in [5, 5.41) is 20.1. The molecule has 5 aromatic rings. The summed E-state index contributed by atoms with van der Waals surface area (Å²) < 4.78 is 103. The fraction of sp³-hybridized carbons (Fsp3) is 0.395. The minimum absolute atomic E-state index is 0.0809. The monoisotopic (exact) mass is 797 g/mol. The molecule has 2 amide bonds. The number of aliphatic hydroxyl groups is 1. The number of nitrogens with one attached hydrogen (secondary N) is 2. The third kappa shape index (κ3) is 5.57. The van der Waals surface area contributed by atoms with Crippen LogP contribution in [0.2, 0.25) is 0 Å². The molecule has 3 atom stereocenters. The average Bonchev–Trinajstić information content (AvgIpc) is 3.93. The molecular formula is C38H30F7N7O3S. The number of halogens is 7. The molecule has 2 aliphatic heterocycles. The van der Waals surface area contributed by atoms with Crippen LogP contribution in [0.3, 0.4) is 0 Å². The second-order valence-electron chi connectivity index (χ2n) is 15.8. The van der Waals surface area contributed by atoms with Crippen LogP contribution < -0.4 is 15.5 Å². The van der Waals surface area contributed by atoms with Crippen LogP contribution in [0.15, 0.2) is 42.5 Å². The quantitative estimate of drug-likeness (QED) is 0.154. The molecule has 1 saturated heterocycles. The first-order valence-electron chi connectivity index (χ1n) is 18.0. The van der Waals surface area contributed by atoms with Crippen molar-refractivity contribution in [3.8, 4) is 11.1 Å². The van der Waals surface area contributed by atoms with E-state index in [0.29, 0.717) is 50.4 Å². The number of benzene rings is 2. The maximum Gasteiger partial charge on any atom is 0.435 e. The van der Waals surface area contributed by atoms with E-state index in [0.717, 1.165) is 30.5 Å². The van der Waals surface area contributed by atoms with Crippen LogP contribution in [0.25, 0.3) is 21.5 Å². The number of amides is 2. The molecule has 0 radical (unpaired) electrons. The van der Waals surface area contributed by atoms with Gasteiger partial charge in [0.15, 0.2) is 16.5 Å². The molecule has 1 unspecified atom stereocenters. The average molecular weight is 798 g/mol. The Kier molecular flexibility index (Phi) is 7.25. The first-order valence-corrected chi connectivity index (χ1v) is 18.8. The van der Waals surface area contributed by atoms with Crippen LogP contribution >= 0.6 is 11.3 Å². The van der Waals surface area contributed by atoms with Gasteiger partial charge in [-0.2, -0.15) is 32.0 Å². The van der Waals surface area contributed by atoms with E-state index in [1.54, 1.807) is 25.1 Å². The highest BCUT2D eigenvalue weighted by atomic mass is 32.1. The number of carbonyl (C=O) groups excluding carboxylic acids is 2. The summed E-state index contributed by atoms with van der Waals surface area (Å²) in [6.45, 7) is 1.29. The molecule has 290 valence electrons. The SMILES string of the molecule is CC1(O)CN(c2nc3nc(C(Cc4cc(F)cc(F)c4)NC(=O)Cn4nc(C(F)(F)F)c5c4C(F)(F)[C@@H]4C[C@H]54)c(-c4ccc5c(c4)C(=O)NC54CC4)cc3s2)C1. The number of hydrogen-bond donors (Lipinski definition) is 3. The fourth-order valence-electron chi connectivity index (χ4n) is 8.75. The number of nitrogens with zero attached hydrogens (tertiary/aromatic N) is 5. The number of rotatable bonds is 8.